The number of nitrogens with zero attached hydrogens (tertiary/aromatic N) is 1. The molecule has 1 saturated heterocycles. The van der Waals surface area contributed by atoms with Crippen LogP contribution in [0.5, 0.6) is 0 Å². The van der Waals surface area contributed by atoms with Crippen LogP contribution >= 0.6 is 11.6 Å². The number of hydrogen-bond acceptors (Lipinski definition) is 5. The van der Waals surface area contributed by atoms with Crippen molar-refractivity contribution in [1.29, 1.82) is 0 Å². The fourth-order valence-corrected chi connectivity index (χ4v) is 2.75. The molecule has 1 unspecified atom stereocenters. The van der Waals surface area contributed by atoms with Gasteiger partial charge in [0, 0.05) is 25.1 Å². The molecule has 1 aromatic heterocycles. The van der Waals surface area contributed by atoms with Crippen molar-refractivity contribution in [3.63, 3.8) is 0 Å². The van der Waals surface area contributed by atoms with Gasteiger partial charge in [0.15, 0.2) is 5.76 Å². The maximum Gasteiger partial charge on any atom is 0.226 e. The van der Waals surface area contributed by atoms with Gasteiger partial charge >= 0.3 is 0 Å². The number of carbonyl (C=O) groups is 1. The molecule has 1 fully saturated rings. The summed E-state index contributed by atoms with van der Waals surface area (Å²) in [6.45, 7) is 2.47. The van der Waals surface area contributed by atoms with Crippen molar-refractivity contribution in [1.82, 2.24) is 10.5 Å². The fraction of sp³-hybridized carbons (Fsp3) is 0.444. The van der Waals surface area contributed by atoms with Crippen LogP contribution in [0.25, 0.3) is 0 Å². The minimum absolute atomic E-state index is 0.0763. The third-order valence-electron chi connectivity index (χ3n) is 4.06. The number of amides is 1. The van der Waals surface area contributed by atoms with Crippen molar-refractivity contribution in [2.24, 2.45) is 5.92 Å². The molecule has 1 aliphatic rings. The first-order valence-electron chi connectivity index (χ1n) is 8.40. The Kier molecular flexibility index (Phi) is 6.60. The minimum atomic E-state index is -0.482. The van der Waals surface area contributed by atoms with Gasteiger partial charge in [-0.25, -0.2) is 4.39 Å². The number of hydrogen-bond donors (Lipinski definition) is 1. The molecule has 1 aliphatic heterocycles. The Morgan fingerprint density at radius 3 is 3.04 bits per heavy atom. The van der Waals surface area contributed by atoms with Gasteiger partial charge in [-0.2, -0.15) is 0 Å². The first-order valence-corrected chi connectivity index (χ1v) is 8.78. The van der Waals surface area contributed by atoms with Crippen LogP contribution in [0.3, 0.4) is 0 Å². The summed E-state index contributed by atoms with van der Waals surface area (Å²) < 4.78 is 29.3. The lowest BCUT2D eigenvalue weighted by atomic mass is 10.1. The van der Waals surface area contributed by atoms with Gasteiger partial charge in [-0.1, -0.05) is 22.8 Å². The van der Waals surface area contributed by atoms with Crippen molar-refractivity contribution >= 4 is 17.5 Å². The zero-order valence-electron chi connectivity index (χ0n) is 14.2. The monoisotopic (exact) mass is 382 g/mol. The van der Waals surface area contributed by atoms with Crippen molar-refractivity contribution < 1.29 is 23.2 Å². The van der Waals surface area contributed by atoms with Gasteiger partial charge in [0.05, 0.1) is 30.4 Å². The number of carbonyl (C=O) groups excluding carboxylic acids is 1. The van der Waals surface area contributed by atoms with Crippen molar-refractivity contribution in [3.8, 4) is 0 Å². The van der Waals surface area contributed by atoms with Gasteiger partial charge in [0.1, 0.15) is 12.4 Å². The van der Waals surface area contributed by atoms with Crippen LogP contribution in [0.15, 0.2) is 28.8 Å². The predicted octanol–water partition coefficient (Wildman–Crippen LogP) is 2.88. The standard InChI is InChI=1S/C18H20ClFN2O4/c19-16-2-1-12(5-17(16)20)9-25-11-15-6-14(22-26-15)7-18(23)21-8-13-3-4-24-10-13/h1-2,5-6,13H,3-4,7-11H2,(H,21,23). The zero-order valence-corrected chi connectivity index (χ0v) is 14.9. The zero-order chi connectivity index (χ0) is 18.4. The van der Waals surface area contributed by atoms with Gasteiger partial charge in [0.25, 0.3) is 0 Å². The quantitative estimate of drug-likeness (QED) is 0.760. The summed E-state index contributed by atoms with van der Waals surface area (Å²) in [6.07, 6.45) is 1.13. The molecule has 3 rings (SSSR count). The van der Waals surface area contributed by atoms with Crippen LogP contribution in [-0.2, 0) is 33.9 Å². The molecule has 0 bridgehead atoms. The van der Waals surface area contributed by atoms with Gasteiger partial charge in [-0.05, 0) is 24.1 Å². The van der Waals surface area contributed by atoms with E-state index in [1.54, 1.807) is 12.1 Å². The SMILES string of the molecule is O=C(Cc1cc(COCc2ccc(Cl)c(F)c2)on1)NCC1CCOC1. The second-order valence-corrected chi connectivity index (χ2v) is 6.64. The first-order chi connectivity index (χ1) is 12.6. The Balaban J connectivity index is 1.39. The van der Waals surface area contributed by atoms with Crippen LogP contribution in [0.4, 0.5) is 4.39 Å². The molecular formula is C18H20ClFN2O4. The number of rotatable bonds is 8. The molecule has 8 heteroatoms. The molecule has 1 amide bonds. The van der Waals surface area contributed by atoms with E-state index >= 15 is 0 Å². The topological polar surface area (TPSA) is 73.6 Å². The lowest BCUT2D eigenvalue weighted by molar-refractivity contribution is -0.120. The van der Waals surface area contributed by atoms with E-state index in [1.807, 2.05) is 0 Å². The number of benzene rings is 1. The molecule has 0 saturated carbocycles. The Bertz CT molecular complexity index is 747. The molecule has 6 nitrogen and oxygen atoms in total. The summed E-state index contributed by atoms with van der Waals surface area (Å²) in [4.78, 5) is 11.9. The summed E-state index contributed by atoms with van der Waals surface area (Å²) in [7, 11) is 0. The van der Waals surface area contributed by atoms with E-state index < -0.39 is 5.82 Å². The number of nitrogens with one attached hydrogen (secondary N) is 1. The van der Waals surface area contributed by atoms with Gasteiger partial charge in [0.2, 0.25) is 5.91 Å². The summed E-state index contributed by atoms with van der Waals surface area (Å²) in [5.74, 6) is 0.309. The minimum Gasteiger partial charge on any atom is -0.381 e. The molecule has 1 aromatic carbocycles. The molecule has 140 valence electrons. The van der Waals surface area contributed by atoms with Crippen LogP contribution in [0, 0.1) is 11.7 Å². The van der Waals surface area contributed by atoms with Crippen LogP contribution in [-0.4, -0.2) is 30.8 Å². The van der Waals surface area contributed by atoms with E-state index in [-0.39, 0.29) is 30.6 Å². The highest BCUT2D eigenvalue weighted by molar-refractivity contribution is 6.30. The fourth-order valence-electron chi connectivity index (χ4n) is 2.64. The summed E-state index contributed by atoms with van der Waals surface area (Å²) in [5.41, 5.74) is 1.21. The Labute approximate surface area is 155 Å². The highest BCUT2D eigenvalue weighted by Crippen LogP contribution is 2.17. The molecular weight excluding hydrogens is 363 g/mol. The summed E-state index contributed by atoms with van der Waals surface area (Å²) >= 11 is 5.64. The van der Waals surface area contributed by atoms with Crippen molar-refractivity contribution in [2.45, 2.75) is 26.1 Å². The molecule has 26 heavy (non-hydrogen) atoms. The normalized spacial score (nSPS) is 16.8. The summed E-state index contributed by atoms with van der Waals surface area (Å²) in [5, 5.41) is 6.82. The number of halogens is 2. The average Bonchev–Trinajstić information content (AvgIpc) is 3.28. The summed E-state index contributed by atoms with van der Waals surface area (Å²) in [6, 6.07) is 6.18. The van der Waals surface area contributed by atoms with E-state index in [2.05, 4.69) is 10.5 Å². The van der Waals surface area contributed by atoms with Crippen LogP contribution < -0.4 is 5.32 Å². The maximum absolute atomic E-state index is 13.4. The molecule has 2 aromatic rings. The average molecular weight is 383 g/mol. The predicted molar refractivity (Wildman–Crippen MR) is 92.0 cm³/mol. The Morgan fingerprint density at radius 1 is 1.38 bits per heavy atom. The van der Waals surface area contributed by atoms with Crippen LogP contribution in [0.2, 0.25) is 5.02 Å². The molecule has 1 N–H and O–H groups in total. The highest BCUT2D eigenvalue weighted by atomic mass is 35.5. The number of ether oxygens (including phenoxy) is 2. The van der Waals surface area contributed by atoms with E-state index in [1.165, 1.54) is 12.1 Å². The van der Waals surface area contributed by atoms with E-state index in [0.717, 1.165) is 13.0 Å². The van der Waals surface area contributed by atoms with E-state index in [4.69, 9.17) is 25.6 Å². The van der Waals surface area contributed by atoms with Crippen LogP contribution in [0.1, 0.15) is 23.4 Å². The molecule has 0 radical (unpaired) electrons. The van der Waals surface area contributed by atoms with Gasteiger partial charge in [-0.3, -0.25) is 4.79 Å². The molecule has 2 heterocycles. The lowest BCUT2D eigenvalue weighted by Crippen LogP contribution is -2.30. The Morgan fingerprint density at radius 2 is 2.27 bits per heavy atom. The van der Waals surface area contributed by atoms with E-state index in [0.29, 0.717) is 36.1 Å². The van der Waals surface area contributed by atoms with Gasteiger partial charge in [-0.15, -0.1) is 0 Å². The first kappa shape index (κ1) is 18.8. The highest BCUT2D eigenvalue weighted by Gasteiger charge is 2.17. The van der Waals surface area contributed by atoms with Crippen molar-refractivity contribution in [3.05, 3.63) is 52.1 Å². The smallest absolute Gasteiger partial charge is 0.226 e. The van der Waals surface area contributed by atoms with E-state index in [9.17, 15) is 9.18 Å². The van der Waals surface area contributed by atoms with Crippen molar-refractivity contribution in [2.75, 3.05) is 19.8 Å². The van der Waals surface area contributed by atoms with Gasteiger partial charge < -0.3 is 19.3 Å². The number of aromatic nitrogens is 1. The third kappa shape index (κ3) is 5.52. The molecule has 0 aliphatic carbocycles. The second kappa shape index (κ2) is 9.12. The largest absolute Gasteiger partial charge is 0.381 e. The second-order valence-electron chi connectivity index (χ2n) is 6.24. The maximum atomic E-state index is 13.4. The molecule has 0 spiro atoms. The Hall–Kier alpha value is -1.96. The third-order valence-corrected chi connectivity index (χ3v) is 4.36. The molecule has 1 atom stereocenters. The lowest BCUT2D eigenvalue weighted by Gasteiger charge is -2.08.